The van der Waals surface area contributed by atoms with Crippen LogP contribution in [0.25, 0.3) is 0 Å². The van der Waals surface area contributed by atoms with Gasteiger partial charge in [-0.05, 0) is 37.0 Å². The Kier molecular flexibility index (Phi) is 5.55. The number of alkyl carbamates (subject to hydrolysis) is 1. The van der Waals surface area contributed by atoms with Gasteiger partial charge in [-0.2, -0.15) is 0 Å². The molecule has 1 saturated heterocycles. The molecule has 2 N–H and O–H groups in total. The normalized spacial score (nSPS) is 29.3. The predicted molar refractivity (Wildman–Crippen MR) is 119 cm³/mol. The van der Waals surface area contributed by atoms with Crippen LogP contribution in [0.2, 0.25) is 5.02 Å². The number of amides is 2. The van der Waals surface area contributed by atoms with E-state index in [4.69, 9.17) is 16.3 Å². The van der Waals surface area contributed by atoms with E-state index in [9.17, 15) is 31.2 Å². The molecule has 2 bridgehead atoms. The third-order valence-corrected chi connectivity index (χ3v) is 10.2. The van der Waals surface area contributed by atoms with Gasteiger partial charge < -0.3 is 15.4 Å². The molecule has 0 aromatic heterocycles. The van der Waals surface area contributed by atoms with Crippen LogP contribution in [0.1, 0.15) is 30.1 Å². The number of carbonyl (C=O) groups is 2. The zero-order valence-corrected chi connectivity index (χ0v) is 19.9. The van der Waals surface area contributed by atoms with Crippen LogP contribution < -0.4 is 10.6 Å². The average molecular weight is 529 g/mol. The molecule has 186 valence electrons. The monoisotopic (exact) mass is 528 g/mol. The summed E-state index contributed by atoms with van der Waals surface area (Å²) in [4.78, 5) is 24.1. The molecule has 2 aromatic rings. The van der Waals surface area contributed by atoms with E-state index in [1.165, 1.54) is 12.1 Å². The number of hydrogen-bond donors (Lipinski definition) is 2. The number of nitrogens with one attached hydrogen (secondary N) is 2. The van der Waals surface area contributed by atoms with Crippen molar-refractivity contribution in [3.05, 3.63) is 58.4 Å². The first-order valence-electron chi connectivity index (χ1n) is 10.9. The van der Waals surface area contributed by atoms with E-state index < -0.39 is 50.1 Å². The maximum Gasteiger partial charge on any atom is 0.407 e. The van der Waals surface area contributed by atoms with E-state index in [-0.39, 0.29) is 51.8 Å². The Morgan fingerprint density at radius 2 is 1.77 bits per heavy atom. The van der Waals surface area contributed by atoms with Crippen LogP contribution in [-0.2, 0) is 14.6 Å². The van der Waals surface area contributed by atoms with Gasteiger partial charge in [0.15, 0.2) is 27.3 Å². The number of hydrogen-bond acceptors (Lipinski definition) is 5. The minimum Gasteiger partial charge on any atom is -0.440 e. The number of ether oxygens (including phenoxy) is 1. The summed E-state index contributed by atoms with van der Waals surface area (Å²) in [6.07, 6.45) is 0.0435. The lowest BCUT2D eigenvalue weighted by Crippen LogP contribution is -2.68. The number of rotatable bonds is 4. The van der Waals surface area contributed by atoms with Gasteiger partial charge >= 0.3 is 6.09 Å². The van der Waals surface area contributed by atoms with Crippen molar-refractivity contribution in [3.8, 4) is 0 Å². The lowest BCUT2D eigenvalue weighted by atomic mass is 9.48. The van der Waals surface area contributed by atoms with Crippen molar-refractivity contribution in [2.75, 3.05) is 11.9 Å². The van der Waals surface area contributed by atoms with Crippen molar-refractivity contribution in [2.24, 2.45) is 17.8 Å². The molecule has 4 fully saturated rings. The van der Waals surface area contributed by atoms with Gasteiger partial charge in [0.2, 0.25) is 0 Å². The second kappa shape index (κ2) is 8.12. The summed E-state index contributed by atoms with van der Waals surface area (Å²) < 4.78 is 72.7. The van der Waals surface area contributed by atoms with E-state index in [0.717, 1.165) is 6.07 Å². The van der Waals surface area contributed by atoms with Gasteiger partial charge in [0, 0.05) is 35.2 Å². The Morgan fingerprint density at radius 1 is 1.14 bits per heavy atom. The summed E-state index contributed by atoms with van der Waals surface area (Å²) >= 11 is 6.21. The Bertz CT molecular complexity index is 1330. The molecule has 6 rings (SSSR count). The number of benzene rings is 2. The molecule has 1 aliphatic heterocycles. The van der Waals surface area contributed by atoms with Crippen LogP contribution in [0.15, 0.2) is 35.2 Å². The fourth-order valence-electron chi connectivity index (χ4n) is 5.81. The van der Waals surface area contributed by atoms with E-state index in [0.29, 0.717) is 18.7 Å². The molecular formula is C23H20ClF3N2O5S. The van der Waals surface area contributed by atoms with Gasteiger partial charge in [-0.1, -0.05) is 18.5 Å². The van der Waals surface area contributed by atoms with Gasteiger partial charge in [0.05, 0.1) is 21.7 Å². The highest BCUT2D eigenvalue weighted by atomic mass is 35.5. The highest BCUT2D eigenvalue weighted by Gasteiger charge is 2.69. The summed E-state index contributed by atoms with van der Waals surface area (Å²) in [5.74, 6) is -5.56. The Balaban J connectivity index is 1.39. The lowest BCUT2D eigenvalue weighted by Gasteiger charge is -2.61. The van der Waals surface area contributed by atoms with Crippen molar-refractivity contribution in [1.29, 1.82) is 0 Å². The zero-order chi connectivity index (χ0) is 25.3. The second-order valence-electron chi connectivity index (χ2n) is 9.26. The van der Waals surface area contributed by atoms with Crippen LogP contribution in [-0.4, -0.2) is 37.8 Å². The van der Waals surface area contributed by atoms with E-state index in [1.54, 1.807) is 0 Å². The van der Waals surface area contributed by atoms with Gasteiger partial charge in [0.1, 0.15) is 5.60 Å². The molecule has 2 aromatic carbocycles. The van der Waals surface area contributed by atoms with Gasteiger partial charge in [-0.15, -0.1) is 0 Å². The van der Waals surface area contributed by atoms with Crippen LogP contribution >= 0.6 is 11.6 Å². The predicted octanol–water partition coefficient (Wildman–Crippen LogP) is 4.31. The average Bonchev–Trinajstić information content (AvgIpc) is 3.21. The quantitative estimate of drug-likeness (QED) is 0.576. The third kappa shape index (κ3) is 3.67. The van der Waals surface area contributed by atoms with E-state index in [2.05, 4.69) is 10.6 Å². The maximum atomic E-state index is 13.5. The Morgan fingerprint density at radius 3 is 2.34 bits per heavy atom. The van der Waals surface area contributed by atoms with Crippen LogP contribution in [0.4, 0.5) is 23.7 Å². The van der Waals surface area contributed by atoms with Crippen molar-refractivity contribution in [3.63, 3.8) is 0 Å². The largest absolute Gasteiger partial charge is 0.440 e. The van der Waals surface area contributed by atoms with Crippen molar-refractivity contribution in [2.45, 2.75) is 35.5 Å². The molecular weight excluding hydrogens is 509 g/mol. The first-order chi connectivity index (χ1) is 16.4. The molecule has 4 aliphatic rings. The van der Waals surface area contributed by atoms with Crippen molar-refractivity contribution in [1.82, 2.24) is 5.32 Å². The molecule has 3 aliphatic carbocycles. The number of fused-ring (bicyclic) bond motifs is 2. The molecule has 1 spiro atoms. The molecule has 0 radical (unpaired) electrons. The van der Waals surface area contributed by atoms with Crippen LogP contribution in [0.3, 0.4) is 0 Å². The van der Waals surface area contributed by atoms with Crippen LogP contribution in [0.5, 0.6) is 0 Å². The SMILES string of the molecule is C[C@H]1C2CC(S(=O)(=O)c3cc(C(=O)Nc4cc(F)c(F)c(F)c4)ccc3Cl)CC1[C@]21CNC(=O)O1. The molecule has 1 heterocycles. The van der Waals surface area contributed by atoms with E-state index >= 15 is 0 Å². The summed E-state index contributed by atoms with van der Waals surface area (Å²) in [7, 11) is -3.97. The molecule has 35 heavy (non-hydrogen) atoms. The first-order valence-corrected chi connectivity index (χ1v) is 12.8. The standard InChI is InChI=1S/C23H20ClF3N2O5S/c1-10-14-7-13(8-15(10)23(14)9-28-22(31)34-23)35(32,33)19-4-11(2-3-16(19)24)21(30)29-12-5-17(25)20(27)18(26)6-12/h2-6,10,13-15H,7-9H2,1H3,(H,28,31)(H,29,30)/t10-,13?,14?,15?,23-. The fourth-order valence-corrected chi connectivity index (χ4v) is 8.16. The summed E-state index contributed by atoms with van der Waals surface area (Å²) in [5, 5.41) is 4.03. The second-order valence-corrected chi connectivity index (χ2v) is 11.9. The van der Waals surface area contributed by atoms with Gasteiger partial charge in [0.25, 0.3) is 5.91 Å². The Labute approximate surface area is 203 Å². The number of anilines is 1. The van der Waals surface area contributed by atoms with Crippen molar-refractivity contribution >= 4 is 39.1 Å². The highest BCUT2D eigenvalue weighted by Crippen LogP contribution is 2.61. The maximum absolute atomic E-state index is 13.5. The Hall–Kier alpha value is -2.79. The van der Waals surface area contributed by atoms with E-state index in [1.807, 2.05) is 6.92 Å². The smallest absolute Gasteiger partial charge is 0.407 e. The minimum absolute atomic E-state index is 0.0728. The van der Waals surface area contributed by atoms with Crippen molar-refractivity contribution < 1.29 is 35.9 Å². The molecule has 12 heteroatoms. The zero-order valence-electron chi connectivity index (χ0n) is 18.3. The highest BCUT2D eigenvalue weighted by molar-refractivity contribution is 7.92. The molecule has 2 amide bonds. The number of carbonyl (C=O) groups excluding carboxylic acids is 2. The minimum atomic E-state index is -3.97. The summed E-state index contributed by atoms with van der Waals surface area (Å²) in [6.45, 7) is 2.36. The van der Waals surface area contributed by atoms with Gasteiger partial charge in [-0.25, -0.2) is 26.4 Å². The summed E-state index contributed by atoms with van der Waals surface area (Å²) in [5.41, 5.74) is -1.14. The molecule has 3 saturated carbocycles. The topological polar surface area (TPSA) is 102 Å². The molecule has 2 unspecified atom stereocenters. The number of halogens is 4. The third-order valence-electron chi connectivity index (χ3n) is 7.53. The molecule has 2 atom stereocenters. The van der Waals surface area contributed by atoms with Crippen LogP contribution in [0, 0.1) is 35.2 Å². The van der Waals surface area contributed by atoms with Gasteiger partial charge in [-0.3, -0.25) is 4.79 Å². The lowest BCUT2D eigenvalue weighted by molar-refractivity contribution is -0.192. The fraction of sp³-hybridized carbons (Fsp3) is 0.391. The molecule has 7 nitrogen and oxygen atoms in total. The number of sulfone groups is 1. The first kappa shape index (κ1) is 23.9. The summed E-state index contributed by atoms with van der Waals surface area (Å²) in [6, 6.07) is 4.86.